The van der Waals surface area contributed by atoms with Crippen LogP contribution in [0.3, 0.4) is 0 Å². The number of primary amides is 1. The number of carbonyl (C=O) groups excluding carboxylic acids is 1. The lowest BCUT2D eigenvalue weighted by atomic mass is 10.0. The number of nitrogens with zero attached hydrogens (tertiary/aromatic N) is 2. The summed E-state index contributed by atoms with van der Waals surface area (Å²) < 4.78 is 14.5. The van der Waals surface area contributed by atoms with Crippen molar-refractivity contribution in [3.63, 3.8) is 0 Å². The maximum atomic E-state index is 13.0. The Labute approximate surface area is 121 Å². The van der Waals surface area contributed by atoms with Gasteiger partial charge in [-0.1, -0.05) is 12.1 Å². The molecule has 1 aromatic heterocycles. The van der Waals surface area contributed by atoms with E-state index in [0.29, 0.717) is 5.92 Å². The number of hydrogen-bond donors (Lipinski definition) is 2. The Balaban J connectivity index is 1.74. The first-order chi connectivity index (χ1) is 10.1. The van der Waals surface area contributed by atoms with Gasteiger partial charge in [0.25, 0.3) is 0 Å². The lowest BCUT2D eigenvalue weighted by molar-refractivity contribution is -0.118. The van der Waals surface area contributed by atoms with Crippen molar-refractivity contribution in [1.82, 2.24) is 9.78 Å². The largest absolute Gasteiger partial charge is 0.375 e. The highest BCUT2D eigenvalue weighted by Crippen LogP contribution is 2.42. The van der Waals surface area contributed by atoms with Gasteiger partial charge >= 0.3 is 0 Å². The van der Waals surface area contributed by atoms with Crippen molar-refractivity contribution in [2.24, 2.45) is 11.7 Å². The van der Waals surface area contributed by atoms with Crippen LogP contribution in [0.1, 0.15) is 24.4 Å². The average molecular weight is 288 g/mol. The highest BCUT2D eigenvalue weighted by atomic mass is 19.1. The number of nitrogens with two attached hydrogens (primary N) is 1. The Morgan fingerprint density at radius 3 is 2.76 bits per heavy atom. The topological polar surface area (TPSA) is 72.9 Å². The number of carbonyl (C=O) groups is 1. The smallest absolute Gasteiger partial charge is 0.239 e. The highest BCUT2D eigenvalue weighted by molar-refractivity contribution is 5.73. The van der Waals surface area contributed by atoms with E-state index >= 15 is 0 Å². The molecule has 0 aliphatic heterocycles. The second kappa shape index (κ2) is 5.55. The normalized spacial score (nSPS) is 15.7. The Morgan fingerprint density at radius 2 is 2.14 bits per heavy atom. The van der Waals surface area contributed by atoms with E-state index < -0.39 is 5.91 Å². The fraction of sp³-hybridized carbons (Fsp3) is 0.333. The van der Waals surface area contributed by atoms with Gasteiger partial charge in [-0.25, -0.2) is 4.39 Å². The van der Waals surface area contributed by atoms with Gasteiger partial charge < -0.3 is 11.1 Å². The van der Waals surface area contributed by atoms with Crippen LogP contribution in [0.4, 0.5) is 10.1 Å². The molecule has 3 rings (SSSR count). The average Bonchev–Trinajstić information content (AvgIpc) is 3.19. The molecule has 1 aliphatic carbocycles. The van der Waals surface area contributed by atoms with E-state index in [2.05, 4.69) is 10.4 Å². The number of benzene rings is 1. The van der Waals surface area contributed by atoms with E-state index in [9.17, 15) is 9.18 Å². The molecule has 0 spiro atoms. The third-order valence-electron chi connectivity index (χ3n) is 3.60. The van der Waals surface area contributed by atoms with E-state index in [-0.39, 0.29) is 18.4 Å². The zero-order valence-corrected chi connectivity index (χ0v) is 11.5. The van der Waals surface area contributed by atoms with Crippen LogP contribution in [0.25, 0.3) is 0 Å². The number of halogens is 1. The number of aromatic nitrogens is 2. The molecule has 1 amide bonds. The van der Waals surface area contributed by atoms with Crippen molar-refractivity contribution in [2.75, 3.05) is 5.32 Å². The molecule has 1 fully saturated rings. The van der Waals surface area contributed by atoms with Crippen LogP contribution in [0, 0.1) is 11.7 Å². The summed E-state index contributed by atoms with van der Waals surface area (Å²) in [5, 5.41) is 7.50. The molecule has 1 atom stereocenters. The minimum Gasteiger partial charge on any atom is -0.375 e. The van der Waals surface area contributed by atoms with Crippen LogP contribution in [0.2, 0.25) is 0 Å². The monoisotopic (exact) mass is 288 g/mol. The molecule has 5 nitrogen and oxygen atoms in total. The molecule has 0 saturated heterocycles. The predicted octanol–water partition coefficient (Wildman–Crippen LogP) is 2.07. The van der Waals surface area contributed by atoms with E-state index in [1.165, 1.54) is 16.8 Å². The Morgan fingerprint density at radius 1 is 1.43 bits per heavy atom. The van der Waals surface area contributed by atoms with Gasteiger partial charge in [0.2, 0.25) is 5.91 Å². The predicted molar refractivity (Wildman–Crippen MR) is 76.9 cm³/mol. The molecule has 1 heterocycles. The molecule has 6 heteroatoms. The summed E-state index contributed by atoms with van der Waals surface area (Å²) in [4.78, 5) is 10.9. The molecule has 0 bridgehead atoms. The van der Waals surface area contributed by atoms with Crippen molar-refractivity contribution in [3.05, 3.63) is 48.0 Å². The number of hydrogen-bond acceptors (Lipinski definition) is 3. The number of rotatable bonds is 6. The Hall–Kier alpha value is -2.37. The molecule has 1 aromatic carbocycles. The SMILES string of the molecule is NC(=O)Cn1cc(NC(c2ccc(F)cc2)C2CC2)cn1. The first-order valence-corrected chi connectivity index (χ1v) is 6.94. The van der Waals surface area contributed by atoms with Crippen molar-refractivity contribution in [2.45, 2.75) is 25.4 Å². The minimum atomic E-state index is -0.429. The standard InChI is InChI=1S/C15H17FN4O/c16-12-5-3-11(4-6-12)15(10-1-2-10)19-13-7-18-20(8-13)9-14(17)21/h3-8,10,15,19H,1-2,9H2,(H2,17,21). The van der Waals surface area contributed by atoms with E-state index in [4.69, 9.17) is 5.73 Å². The van der Waals surface area contributed by atoms with Gasteiger partial charge in [-0.2, -0.15) is 5.10 Å². The lowest BCUT2D eigenvalue weighted by Crippen LogP contribution is -2.18. The van der Waals surface area contributed by atoms with E-state index in [0.717, 1.165) is 24.1 Å². The molecular formula is C15H17FN4O. The summed E-state index contributed by atoms with van der Waals surface area (Å²) in [6.45, 7) is 0.0618. The van der Waals surface area contributed by atoms with Crippen molar-refractivity contribution in [1.29, 1.82) is 0 Å². The Bertz CT molecular complexity index is 633. The van der Waals surface area contributed by atoms with Gasteiger partial charge in [0.1, 0.15) is 12.4 Å². The molecule has 2 aromatic rings. The maximum absolute atomic E-state index is 13.0. The van der Waals surface area contributed by atoms with Crippen LogP contribution in [-0.4, -0.2) is 15.7 Å². The molecule has 3 N–H and O–H groups in total. The van der Waals surface area contributed by atoms with Crippen LogP contribution in [-0.2, 0) is 11.3 Å². The van der Waals surface area contributed by atoms with E-state index in [1.54, 1.807) is 24.5 Å². The van der Waals surface area contributed by atoms with Crippen molar-refractivity contribution >= 4 is 11.6 Å². The summed E-state index contributed by atoms with van der Waals surface area (Å²) in [6.07, 6.45) is 5.74. The second-order valence-corrected chi connectivity index (χ2v) is 5.40. The Kier molecular flexibility index (Phi) is 3.60. The molecule has 110 valence electrons. The summed E-state index contributed by atoms with van der Waals surface area (Å²) in [6, 6.07) is 6.70. The zero-order chi connectivity index (χ0) is 14.8. The first-order valence-electron chi connectivity index (χ1n) is 6.94. The quantitative estimate of drug-likeness (QED) is 0.854. The van der Waals surface area contributed by atoms with Gasteiger partial charge in [0.15, 0.2) is 0 Å². The van der Waals surface area contributed by atoms with E-state index in [1.807, 2.05) is 0 Å². The fourth-order valence-corrected chi connectivity index (χ4v) is 2.44. The number of amides is 1. The van der Waals surface area contributed by atoms with Crippen molar-refractivity contribution < 1.29 is 9.18 Å². The summed E-state index contributed by atoms with van der Waals surface area (Å²) >= 11 is 0. The maximum Gasteiger partial charge on any atom is 0.239 e. The highest BCUT2D eigenvalue weighted by Gasteiger charge is 2.32. The first kappa shape index (κ1) is 13.6. The van der Waals surface area contributed by atoms with Crippen LogP contribution >= 0.6 is 0 Å². The molecule has 1 aliphatic rings. The van der Waals surface area contributed by atoms with Crippen LogP contribution in [0.15, 0.2) is 36.7 Å². The summed E-state index contributed by atoms with van der Waals surface area (Å²) in [5.41, 5.74) is 7.03. The third-order valence-corrected chi connectivity index (χ3v) is 3.60. The molecular weight excluding hydrogens is 271 g/mol. The number of anilines is 1. The molecule has 1 saturated carbocycles. The molecule has 0 radical (unpaired) electrons. The summed E-state index contributed by atoms with van der Waals surface area (Å²) in [5.74, 6) is -0.112. The molecule has 1 unspecified atom stereocenters. The van der Waals surface area contributed by atoms with Gasteiger partial charge in [0, 0.05) is 6.20 Å². The lowest BCUT2D eigenvalue weighted by Gasteiger charge is -2.18. The fourth-order valence-electron chi connectivity index (χ4n) is 2.44. The second-order valence-electron chi connectivity index (χ2n) is 5.40. The van der Waals surface area contributed by atoms with Crippen molar-refractivity contribution in [3.8, 4) is 0 Å². The zero-order valence-electron chi connectivity index (χ0n) is 11.5. The third kappa shape index (κ3) is 3.39. The number of nitrogens with one attached hydrogen (secondary N) is 1. The minimum absolute atomic E-state index is 0.0618. The van der Waals surface area contributed by atoms with Gasteiger partial charge in [-0.05, 0) is 36.5 Å². The van der Waals surface area contributed by atoms with Crippen LogP contribution in [0.5, 0.6) is 0 Å². The van der Waals surface area contributed by atoms with Gasteiger partial charge in [0.05, 0.1) is 17.9 Å². The van der Waals surface area contributed by atoms with Gasteiger partial charge in [-0.3, -0.25) is 9.48 Å². The summed E-state index contributed by atoms with van der Waals surface area (Å²) in [7, 11) is 0. The van der Waals surface area contributed by atoms with Crippen LogP contribution < -0.4 is 11.1 Å². The van der Waals surface area contributed by atoms with Gasteiger partial charge in [-0.15, -0.1) is 0 Å². The molecule has 21 heavy (non-hydrogen) atoms.